The SMILES string of the molecule is CCC(C)C(=O)Nc1cccc(C(F)(F)F)c1CONC=O. The fourth-order valence-corrected chi connectivity index (χ4v) is 1.71. The van der Waals surface area contributed by atoms with Crippen LogP contribution in [-0.4, -0.2) is 12.3 Å². The van der Waals surface area contributed by atoms with Crippen LogP contribution in [-0.2, 0) is 27.2 Å². The summed E-state index contributed by atoms with van der Waals surface area (Å²) in [6, 6.07) is 3.44. The lowest BCUT2D eigenvalue weighted by molar-refractivity contribution is -0.139. The topological polar surface area (TPSA) is 67.4 Å². The molecule has 1 unspecified atom stereocenters. The predicted molar refractivity (Wildman–Crippen MR) is 73.5 cm³/mol. The van der Waals surface area contributed by atoms with Crippen LogP contribution in [0.4, 0.5) is 18.9 Å². The van der Waals surface area contributed by atoms with Crippen molar-refractivity contribution in [2.45, 2.75) is 33.1 Å². The monoisotopic (exact) mass is 318 g/mol. The minimum absolute atomic E-state index is 0.00724. The van der Waals surface area contributed by atoms with E-state index in [4.69, 9.17) is 0 Å². The van der Waals surface area contributed by atoms with E-state index in [1.165, 1.54) is 12.1 Å². The number of anilines is 1. The number of carbonyl (C=O) groups is 2. The average molecular weight is 318 g/mol. The fourth-order valence-electron chi connectivity index (χ4n) is 1.71. The molecule has 122 valence electrons. The van der Waals surface area contributed by atoms with Gasteiger partial charge in [-0.1, -0.05) is 19.9 Å². The summed E-state index contributed by atoms with van der Waals surface area (Å²) in [5.74, 6) is -0.720. The van der Waals surface area contributed by atoms with Crippen molar-refractivity contribution >= 4 is 18.0 Å². The van der Waals surface area contributed by atoms with E-state index in [0.29, 0.717) is 6.42 Å². The van der Waals surface area contributed by atoms with Crippen molar-refractivity contribution < 1.29 is 27.6 Å². The van der Waals surface area contributed by atoms with Gasteiger partial charge in [0, 0.05) is 17.2 Å². The quantitative estimate of drug-likeness (QED) is 0.461. The molecule has 0 aliphatic heterocycles. The highest BCUT2D eigenvalue weighted by Gasteiger charge is 2.34. The van der Waals surface area contributed by atoms with E-state index in [0.717, 1.165) is 6.07 Å². The Labute approximate surface area is 125 Å². The Hall–Kier alpha value is -2.09. The summed E-state index contributed by atoms with van der Waals surface area (Å²) in [6.07, 6.45) is -3.84. The molecule has 1 atom stereocenters. The number of hydrogen-bond donors (Lipinski definition) is 2. The van der Waals surface area contributed by atoms with Gasteiger partial charge < -0.3 is 5.32 Å². The van der Waals surface area contributed by atoms with E-state index in [1.807, 2.05) is 5.48 Å². The number of carbonyl (C=O) groups excluding carboxylic acids is 2. The molecule has 0 spiro atoms. The molecular formula is C14H17F3N2O3. The lowest BCUT2D eigenvalue weighted by atomic mass is 10.0. The highest BCUT2D eigenvalue weighted by Crippen LogP contribution is 2.35. The minimum atomic E-state index is -4.60. The first-order valence-electron chi connectivity index (χ1n) is 6.62. The normalized spacial score (nSPS) is 12.6. The van der Waals surface area contributed by atoms with Crippen molar-refractivity contribution in [3.8, 4) is 0 Å². The van der Waals surface area contributed by atoms with Crippen molar-refractivity contribution in [2.24, 2.45) is 5.92 Å². The summed E-state index contributed by atoms with van der Waals surface area (Å²) in [6.45, 7) is 2.95. The smallest absolute Gasteiger partial charge is 0.326 e. The third kappa shape index (κ3) is 4.73. The molecule has 0 fully saturated rings. The summed E-state index contributed by atoms with van der Waals surface area (Å²) >= 11 is 0. The van der Waals surface area contributed by atoms with Crippen molar-refractivity contribution in [1.82, 2.24) is 5.48 Å². The Morgan fingerprint density at radius 2 is 2.09 bits per heavy atom. The first-order chi connectivity index (χ1) is 10.3. The van der Waals surface area contributed by atoms with Gasteiger partial charge in [0.2, 0.25) is 12.3 Å². The second kappa shape index (κ2) is 7.79. The van der Waals surface area contributed by atoms with Crippen LogP contribution in [0, 0.1) is 5.92 Å². The molecule has 5 nitrogen and oxygen atoms in total. The molecule has 0 aliphatic rings. The van der Waals surface area contributed by atoms with E-state index >= 15 is 0 Å². The Morgan fingerprint density at radius 3 is 2.64 bits per heavy atom. The van der Waals surface area contributed by atoms with Gasteiger partial charge in [0.1, 0.15) is 6.61 Å². The lowest BCUT2D eigenvalue weighted by Gasteiger charge is -2.18. The molecule has 1 aromatic rings. The van der Waals surface area contributed by atoms with E-state index in [9.17, 15) is 22.8 Å². The Bertz CT molecular complexity index is 533. The third-order valence-electron chi connectivity index (χ3n) is 3.15. The number of halogens is 3. The zero-order chi connectivity index (χ0) is 16.8. The van der Waals surface area contributed by atoms with Crippen LogP contribution >= 0.6 is 0 Å². The number of hydrogen-bond acceptors (Lipinski definition) is 3. The van der Waals surface area contributed by atoms with E-state index in [1.54, 1.807) is 13.8 Å². The Morgan fingerprint density at radius 1 is 1.41 bits per heavy atom. The van der Waals surface area contributed by atoms with Gasteiger partial charge in [-0.25, -0.2) is 5.48 Å². The first-order valence-corrected chi connectivity index (χ1v) is 6.62. The van der Waals surface area contributed by atoms with Gasteiger partial charge >= 0.3 is 6.18 Å². The minimum Gasteiger partial charge on any atom is -0.326 e. The van der Waals surface area contributed by atoms with Crippen LogP contribution < -0.4 is 10.8 Å². The van der Waals surface area contributed by atoms with Gasteiger partial charge in [0.15, 0.2) is 0 Å². The molecule has 0 saturated carbocycles. The largest absolute Gasteiger partial charge is 0.416 e. The van der Waals surface area contributed by atoms with E-state index < -0.39 is 18.3 Å². The molecule has 1 aromatic carbocycles. The molecule has 0 saturated heterocycles. The van der Waals surface area contributed by atoms with Gasteiger partial charge in [-0.15, -0.1) is 0 Å². The zero-order valence-corrected chi connectivity index (χ0v) is 12.2. The zero-order valence-electron chi connectivity index (χ0n) is 12.2. The van der Waals surface area contributed by atoms with Crippen LogP contribution in [0.2, 0.25) is 0 Å². The van der Waals surface area contributed by atoms with Crippen LogP contribution in [0.15, 0.2) is 18.2 Å². The number of amides is 2. The highest BCUT2D eigenvalue weighted by atomic mass is 19.4. The van der Waals surface area contributed by atoms with Gasteiger partial charge in [0.05, 0.1) is 5.56 Å². The molecule has 0 aromatic heterocycles. The van der Waals surface area contributed by atoms with Crippen molar-refractivity contribution in [3.05, 3.63) is 29.3 Å². The second-order valence-corrected chi connectivity index (χ2v) is 4.65. The summed E-state index contributed by atoms with van der Waals surface area (Å²) < 4.78 is 39.1. The highest BCUT2D eigenvalue weighted by molar-refractivity contribution is 5.93. The maximum absolute atomic E-state index is 13.0. The molecule has 2 N–H and O–H groups in total. The van der Waals surface area contributed by atoms with Crippen LogP contribution in [0.3, 0.4) is 0 Å². The van der Waals surface area contributed by atoms with Crippen molar-refractivity contribution in [2.75, 3.05) is 5.32 Å². The average Bonchev–Trinajstić information content (AvgIpc) is 2.46. The van der Waals surface area contributed by atoms with Crippen molar-refractivity contribution in [1.29, 1.82) is 0 Å². The number of alkyl halides is 3. The predicted octanol–water partition coefficient (Wildman–Crippen LogP) is 2.87. The fraction of sp³-hybridized carbons (Fsp3) is 0.429. The molecule has 0 radical (unpaired) electrons. The molecule has 0 bridgehead atoms. The Balaban J connectivity index is 3.14. The molecule has 8 heteroatoms. The lowest BCUT2D eigenvalue weighted by Crippen LogP contribution is -2.22. The molecule has 22 heavy (non-hydrogen) atoms. The first kappa shape index (κ1) is 18.0. The molecule has 0 heterocycles. The van der Waals surface area contributed by atoms with Gasteiger partial charge in [-0.3, -0.25) is 14.4 Å². The number of rotatable bonds is 7. The van der Waals surface area contributed by atoms with Gasteiger partial charge in [-0.2, -0.15) is 13.2 Å². The summed E-state index contributed by atoms with van der Waals surface area (Å²) in [5, 5.41) is 2.47. The van der Waals surface area contributed by atoms with Crippen LogP contribution in [0.25, 0.3) is 0 Å². The molecule has 2 amide bonds. The van der Waals surface area contributed by atoms with Crippen molar-refractivity contribution in [3.63, 3.8) is 0 Å². The van der Waals surface area contributed by atoms with E-state index in [2.05, 4.69) is 10.2 Å². The van der Waals surface area contributed by atoms with Gasteiger partial charge in [-0.05, 0) is 18.6 Å². The maximum atomic E-state index is 13.0. The van der Waals surface area contributed by atoms with Crippen LogP contribution in [0.1, 0.15) is 31.4 Å². The van der Waals surface area contributed by atoms with Crippen LogP contribution in [0.5, 0.6) is 0 Å². The number of benzene rings is 1. The number of hydroxylamine groups is 1. The maximum Gasteiger partial charge on any atom is 0.416 e. The third-order valence-corrected chi connectivity index (χ3v) is 3.15. The van der Waals surface area contributed by atoms with Gasteiger partial charge in [0.25, 0.3) is 0 Å². The standard InChI is InChI=1S/C14H17F3N2O3/c1-3-9(2)13(21)19-12-6-4-5-11(14(15,16)17)10(12)7-22-18-8-20/h4-6,8-9H,3,7H2,1-2H3,(H,18,20)(H,19,21). The summed E-state index contributed by atoms with van der Waals surface area (Å²) in [4.78, 5) is 26.7. The second-order valence-electron chi connectivity index (χ2n) is 4.65. The number of nitrogens with one attached hydrogen (secondary N) is 2. The summed E-state index contributed by atoms with van der Waals surface area (Å²) in [7, 11) is 0. The van der Waals surface area contributed by atoms with E-state index in [-0.39, 0.29) is 29.5 Å². The Kier molecular flexibility index (Phi) is 6.36. The summed E-state index contributed by atoms with van der Waals surface area (Å²) in [5.41, 5.74) is 0.659. The molecular weight excluding hydrogens is 301 g/mol. The molecule has 0 aliphatic carbocycles. The molecule has 1 rings (SSSR count).